The van der Waals surface area contributed by atoms with E-state index in [2.05, 4.69) is 0 Å². The number of para-hydroxylation sites is 1. The second-order valence-electron chi connectivity index (χ2n) is 4.14. The third-order valence-corrected chi connectivity index (χ3v) is 3.10. The molecule has 2 rings (SSSR count). The van der Waals surface area contributed by atoms with Crippen LogP contribution in [-0.2, 0) is 6.61 Å². The molecule has 2 nitrogen and oxygen atoms in total. The summed E-state index contributed by atoms with van der Waals surface area (Å²) in [5, 5.41) is 0.379. The fourth-order valence-corrected chi connectivity index (χ4v) is 1.98. The maximum atomic E-state index is 13.0. The number of aryl methyl sites for hydroxylation is 1. The number of hydrogen-bond acceptors (Lipinski definition) is 2. The Kier molecular flexibility index (Phi) is 4.17. The third kappa shape index (κ3) is 3.12. The minimum atomic E-state index is -0.285. The third-order valence-electron chi connectivity index (χ3n) is 2.80. The average molecular weight is 279 g/mol. The number of aldehydes is 1. The topological polar surface area (TPSA) is 26.3 Å². The Balaban J connectivity index is 2.21. The van der Waals surface area contributed by atoms with Crippen LogP contribution in [0.3, 0.4) is 0 Å². The van der Waals surface area contributed by atoms with Crippen molar-refractivity contribution in [1.82, 2.24) is 0 Å². The van der Waals surface area contributed by atoms with Gasteiger partial charge in [0, 0.05) is 0 Å². The van der Waals surface area contributed by atoms with Gasteiger partial charge < -0.3 is 4.74 Å². The highest BCUT2D eigenvalue weighted by Crippen LogP contribution is 2.28. The average Bonchev–Trinajstić information content (AvgIpc) is 2.39. The van der Waals surface area contributed by atoms with Gasteiger partial charge in [0.15, 0.2) is 6.29 Å². The minimum Gasteiger partial charge on any atom is -0.487 e. The van der Waals surface area contributed by atoms with Crippen LogP contribution in [0.4, 0.5) is 4.39 Å². The number of benzene rings is 2. The Labute approximate surface area is 115 Å². The van der Waals surface area contributed by atoms with E-state index >= 15 is 0 Å². The molecule has 0 bridgehead atoms. The van der Waals surface area contributed by atoms with E-state index in [4.69, 9.17) is 16.3 Å². The van der Waals surface area contributed by atoms with Gasteiger partial charge >= 0.3 is 0 Å². The van der Waals surface area contributed by atoms with Crippen molar-refractivity contribution in [2.45, 2.75) is 13.5 Å². The van der Waals surface area contributed by atoms with Crippen LogP contribution in [-0.4, -0.2) is 6.29 Å². The molecule has 0 fully saturated rings. The van der Waals surface area contributed by atoms with Gasteiger partial charge in [0.05, 0.1) is 10.6 Å². The van der Waals surface area contributed by atoms with Gasteiger partial charge in [-0.25, -0.2) is 4.39 Å². The first-order chi connectivity index (χ1) is 9.11. The van der Waals surface area contributed by atoms with Crippen LogP contribution in [0.2, 0.25) is 5.02 Å². The molecule has 0 unspecified atom stereocenters. The van der Waals surface area contributed by atoms with E-state index in [1.165, 1.54) is 12.1 Å². The number of carbonyl (C=O) groups excluding carboxylic acids is 1. The first kappa shape index (κ1) is 13.6. The molecule has 2 aromatic rings. The number of halogens is 2. The Morgan fingerprint density at radius 1 is 1.32 bits per heavy atom. The summed E-state index contributed by atoms with van der Waals surface area (Å²) in [6.45, 7) is 2.03. The van der Waals surface area contributed by atoms with Crippen LogP contribution < -0.4 is 4.74 Å². The molecular weight excluding hydrogens is 267 g/mol. The zero-order valence-corrected chi connectivity index (χ0v) is 11.1. The number of hydrogen-bond donors (Lipinski definition) is 0. The molecule has 0 aliphatic carbocycles. The summed E-state index contributed by atoms with van der Waals surface area (Å²) in [6, 6.07) is 9.43. The van der Waals surface area contributed by atoms with Crippen molar-refractivity contribution in [1.29, 1.82) is 0 Å². The van der Waals surface area contributed by atoms with Gasteiger partial charge in [-0.2, -0.15) is 0 Å². The molecule has 0 spiro atoms. The van der Waals surface area contributed by atoms with Crippen LogP contribution in [0.1, 0.15) is 21.5 Å². The molecule has 0 N–H and O–H groups in total. The Hall–Kier alpha value is -1.87. The molecule has 4 heteroatoms. The molecule has 2 aromatic carbocycles. The number of rotatable bonds is 4. The normalized spacial score (nSPS) is 10.3. The van der Waals surface area contributed by atoms with Gasteiger partial charge in [0.1, 0.15) is 18.2 Å². The molecule has 0 saturated heterocycles. The molecule has 0 aliphatic rings. The highest BCUT2D eigenvalue weighted by molar-refractivity contribution is 6.32. The van der Waals surface area contributed by atoms with Crippen molar-refractivity contribution in [3.63, 3.8) is 0 Å². The van der Waals surface area contributed by atoms with Crippen LogP contribution in [0.15, 0.2) is 36.4 Å². The van der Waals surface area contributed by atoms with Crippen molar-refractivity contribution >= 4 is 17.9 Å². The van der Waals surface area contributed by atoms with E-state index in [9.17, 15) is 9.18 Å². The molecule has 0 aromatic heterocycles. The molecular formula is C15H12ClFO2. The lowest BCUT2D eigenvalue weighted by Crippen LogP contribution is -2.01. The van der Waals surface area contributed by atoms with Crippen LogP contribution >= 0.6 is 11.6 Å². The van der Waals surface area contributed by atoms with Gasteiger partial charge in [0.25, 0.3) is 0 Å². The fraction of sp³-hybridized carbons (Fsp3) is 0.133. The van der Waals surface area contributed by atoms with Gasteiger partial charge in [0.2, 0.25) is 0 Å². The Morgan fingerprint density at radius 3 is 2.79 bits per heavy atom. The monoisotopic (exact) mass is 278 g/mol. The standard InChI is InChI=1S/C15H12ClFO2/c1-10-7-13(17)6-5-12(10)9-19-15-11(8-18)3-2-4-14(15)16/h2-8H,9H2,1H3. The van der Waals surface area contributed by atoms with Crippen molar-refractivity contribution in [2.24, 2.45) is 0 Å². The van der Waals surface area contributed by atoms with Gasteiger partial charge in [-0.05, 0) is 42.3 Å². The first-order valence-electron chi connectivity index (χ1n) is 5.73. The Bertz CT molecular complexity index is 611. The fourth-order valence-electron chi connectivity index (χ4n) is 1.74. The predicted octanol–water partition coefficient (Wildman–Crippen LogP) is 4.18. The van der Waals surface area contributed by atoms with Gasteiger partial charge in [-0.1, -0.05) is 23.7 Å². The van der Waals surface area contributed by atoms with E-state index in [1.807, 2.05) is 0 Å². The SMILES string of the molecule is Cc1cc(F)ccc1COc1c(Cl)cccc1C=O. The van der Waals surface area contributed by atoms with Gasteiger partial charge in [-0.15, -0.1) is 0 Å². The highest BCUT2D eigenvalue weighted by atomic mass is 35.5. The molecule has 0 atom stereocenters. The largest absolute Gasteiger partial charge is 0.487 e. The second kappa shape index (κ2) is 5.85. The van der Waals surface area contributed by atoms with E-state index in [0.717, 1.165) is 11.1 Å². The summed E-state index contributed by atoms with van der Waals surface area (Å²) in [6.07, 6.45) is 0.693. The maximum absolute atomic E-state index is 13.0. The lowest BCUT2D eigenvalue weighted by molar-refractivity contribution is 0.111. The zero-order valence-electron chi connectivity index (χ0n) is 10.3. The van der Waals surface area contributed by atoms with Crippen LogP contribution in [0.25, 0.3) is 0 Å². The Morgan fingerprint density at radius 2 is 2.11 bits per heavy atom. The minimum absolute atomic E-state index is 0.233. The van der Waals surface area contributed by atoms with E-state index in [-0.39, 0.29) is 12.4 Å². The summed E-state index contributed by atoms with van der Waals surface area (Å²) >= 11 is 6.00. The maximum Gasteiger partial charge on any atom is 0.153 e. The van der Waals surface area contributed by atoms with Crippen molar-refractivity contribution < 1.29 is 13.9 Å². The number of ether oxygens (including phenoxy) is 1. The number of carbonyl (C=O) groups is 1. The smallest absolute Gasteiger partial charge is 0.153 e. The summed E-state index contributed by atoms with van der Waals surface area (Å²) < 4.78 is 18.6. The lowest BCUT2D eigenvalue weighted by Gasteiger charge is -2.11. The first-order valence-corrected chi connectivity index (χ1v) is 6.11. The van der Waals surface area contributed by atoms with Crippen molar-refractivity contribution in [2.75, 3.05) is 0 Å². The predicted molar refractivity (Wildman–Crippen MR) is 72.3 cm³/mol. The molecule has 19 heavy (non-hydrogen) atoms. The van der Waals surface area contributed by atoms with E-state index in [1.54, 1.807) is 31.2 Å². The van der Waals surface area contributed by atoms with E-state index < -0.39 is 0 Å². The summed E-state index contributed by atoms with van der Waals surface area (Å²) in [4.78, 5) is 10.9. The van der Waals surface area contributed by atoms with Crippen LogP contribution in [0, 0.1) is 12.7 Å². The molecule has 0 amide bonds. The van der Waals surface area contributed by atoms with Crippen LogP contribution in [0.5, 0.6) is 5.75 Å². The molecule has 0 radical (unpaired) electrons. The molecule has 0 aliphatic heterocycles. The quantitative estimate of drug-likeness (QED) is 0.784. The van der Waals surface area contributed by atoms with Crippen molar-refractivity contribution in [3.8, 4) is 5.75 Å². The molecule has 0 heterocycles. The lowest BCUT2D eigenvalue weighted by atomic mass is 10.1. The highest BCUT2D eigenvalue weighted by Gasteiger charge is 2.09. The second-order valence-corrected chi connectivity index (χ2v) is 4.54. The summed E-state index contributed by atoms with van der Waals surface area (Å²) in [5.41, 5.74) is 2.03. The van der Waals surface area contributed by atoms with E-state index in [0.29, 0.717) is 22.6 Å². The summed E-state index contributed by atoms with van der Waals surface area (Å²) in [5.74, 6) is 0.0652. The summed E-state index contributed by atoms with van der Waals surface area (Å²) in [7, 11) is 0. The van der Waals surface area contributed by atoms with Crippen molar-refractivity contribution in [3.05, 3.63) is 63.9 Å². The van der Waals surface area contributed by atoms with Gasteiger partial charge in [-0.3, -0.25) is 4.79 Å². The molecule has 0 saturated carbocycles. The molecule has 98 valence electrons. The zero-order chi connectivity index (χ0) is 13.8.